The van der Waals surface area contributed by atoms with Gasteiger partial charge in [0.25, 0.3) is 5.91 Å². The smallest absolute Gasteiger partial charge is 0.252 e. The minimum absolute atomic E-state index is 0.118. The highest BCUT2D eigenvalue weighted by molar-refractivity contribution is 5.99. The van der Waals surface area contributed by atoms with Crippen LogP contribution >= 0.6 is 0 Å². The van der Waals surface area contributed by atoms with Gasteiger partial charge in [0, 0.05) is 5.56 Å². The summed E-state index contributed by atoms with van der Waals surface area (Å²) in [6, 6.07) is 8.20. The average molecular weight is 273 g/mol. The molecule has 1 atom stereocenters. The highest BCUT2D eigenvalue weighted by atomic mass is 16.2. The summed E-state index contributed by atoms with van der Waals surface area (Å²) in [6.07, 6.45) is 0.419. The molecular formula is C15H19N3O2. The number of nitrogens with zero attached hydrogens (tertiary/aromatic N) is 1. The third kappa shape index (κ3) is 2.97. The van der Waals surface area contributed by atoms with Gasteiger partial charge in [-0.25, -0.2) is 0 Å². The fourth-order valence-electron chi connectivity index (χ4n) is 2.13. The van der Waals surface area contributed by atoms with Crippen molar-refractivity contribution >= 4 is 11.8 Å². The number of carbonyl (C=O) groups excluding carboxylic acids is 2. The van der Waals surface area contributed by atoms with E-state index in [-0.39, 0.29) is 11.8 Å². The summed E-state index contributed by atoms with van der Waals surface area (Å²) in [5, 5.41) is 11.5. The molecule has 1 rings (SSSR count). The van der Waals surface area contributed by atoms with Crippen LogP contribution in [0.3, 0.4) is 0 Å². The van der Waals surface area contributed by atoms with E-state index in [2.05, 4.69) is 5.32 Å². The Hall–Kier alpha value is -2.35. The maximum absolute atomic E-state index is 12.2. The fraction of sp³-hybridized carbons (Fsp3) is 0.400. The lowest BCUT2D eigenvalue weighted by Crippen LogP contribution is -2.60. The Bertz CT molecular complexity index is 543. The van der Waals surface area contributed by atoms with Crippen molar-refractivity contribution in [2.75, 3.05) is 0 Å². The number of primary amides is 1. The van der Waals surface area contributed by atoms with Crippen LogP contribution in [0.15, 0.2) is 24.3 Å². The van der Waals surface area contributed by atoms with Gasteiger partial charge in [-0.05, 0) is 36.6 Å². The van der Waals surface area contributed by atoms with Crippen LogP contribution in [0.25, 0.3) is 0 Å². The normalized spacial score (nSPS) is 13.3. The maximum atomic E-state index is 12.2. The third-order valence-corrected chi connectivity index (χ3v) is 3.60. The van der Waals surface area contributed by atoms with Gasteiger partial charge in [-0.15, -0.1) is 0 Å². The predicted octanol–water partition coefficient (Wildman–Crippen LogP) is 1.58. The number of rotatable bonds is 5. The van der Waals surface area contributed by atoms with Crippen molar-refractivity contribution in [3.8, 4) is 6.07 Å². The van der Waals surface area contributed by atoms with Crippen molar-refractivity contribution in [2.24, 2.45) is 11.7 Å². The second kappa shape index (κ2) is 6.20. The molecule has 0 spiro atoms. The molecule has 1 aromatic carbocycles. The summed E-state index contributed by atoms with van der Waals surface area (Å²) >= 11 is 0. The van der Waals surface area contributed by atoms with E-state index in [0.717, 1.165) is 0 Å². The van der Waals surface area contributed by atoms with Crippen LogP contribution in [0.2, 0.25) is 0 Å². The molecule has 0 fully saturated rings. The standard InChI is InChI=1S/C15H19N3O2/c1-4-15(10(2)3,14(17)20)18-13(19)12-7-5-11(9-16)6-8-12/h5-8,10H,4H2,1-3H3,(H2,17,20)(H,18,19)/t15-/m1/s1. The van der Waals surface area contributed by atoms with Gasteiger partial charge in [-0.2, -0.15) is 5.26 Å². The molecule has 106 valence electrons. The van der Waals surface area contributed by atoms with Crippen molar-refractivity contribution in [3.63, 3.8) is 0 Å². The van der Waals surface area contributed by atoms with E-state index in [1.54, 1.807) is 24.3 Å². The molecule has 5 nitrogen and oxygen atoms in total. The largest absolute Gasteiger partial charge is 0.368 e. The highest BCUT2D eigenvalue weighted by Crippen LogP contribution is 2.21. The van der Waals surface area contributed by atoms with Gasteiger partial charge in [0.15, 0.2) is 0 Å². The van der Waals surface area contributed by atoms with Crippen molar-refractivity contribution in [1.82, 2.24) is 5.32 Å². The summed E-state index contributed by atoms with van der Waals surface area (Å²) in [7, 11) is 0. The van der Waals surface area contributed by atoms with E-state index < -0.39 is 11.4 Å². The first kappa shape index (κ1) is 15.7. The Kier molecular flexibility index (Phi) is 4.87. The van der Waals surface area contributed by atoms with Crippen molar-refractivity contribution in [2.45, 2.75) is 32.7 Å². The quantitative estimate of drug-likeness (QED) is 0.852. The topological polar surface area (TPSA) is 96.0 Å². The number of nitrogens with one attached hydrogen (secondary N) is 1. The molecule has 0 heterocycles. The zero-order valence-corrected chi connectivity index (χ0v) is 11.9. The number of hydrogen-bond donors (Lipinski definition) is 2. The number of nitrogens with two attached hydrogens (primary N) is 1. The maximum Gasteiger partial charge on any atom is 0.252 e. The minimum Gasteiger partial charge on any atom is -0.368 e. The molecular weight excluding hydrogens is 254 g/mol. The summed E-state index contributed by atoms with van der Waals surface area (Å²) in [5.74, 6) is -1.03. The van der Waals surface area contributed by atoms with Crippen LogP contribution < -0.4 is 11.1 Å². The summed E-state index contributed by atoms with van der Waals surface area (Å²) in [5.41, 5.74) is 5.26. The van der Waals surface area contributed by atoms with Gasteiger partial charge in [-0.1, -0.05) is 20.8 Å². The molecule has 0 aliphatic heterocycles. The van der Waals surface area contributed by atoms with Crippen LogP contribution in [0, 0.1) is 17.2 Å². The van der Waals surface area contributed by atoms with E-state index in [1.165, 1.54) is 0 Å². The molecule has 0 saturated heterocycles. The molecule has 0 aliphatic rings. The molecule has 1 aromatic rings. The van der Waals surface area contributed by atoms with Gasteiger partial charge in [0.1, 0.15) is 5.54 Å². The first-order chi connectivity index (χ1) is 9.37. The van der Waals surface area contributed by atoms with Gasteiger partial charge >= 0.3 is 0 Å². The van der Waals surface area contributed by atoms with E-state index >= 15 is 0 Å². The zero-order valence-electron chi connectivity index (χ0n) is 11.9. The molecule has 0 saturated carbocycles. The third-order valence-electron chi connectivity index (χ3n) is 3.60. The molecule has 0 aromatic heterocycles. The molecule has 20 heavy (non-hydrogen) atoms. The van der Waals surface area contributed by atoms with Gasteiger partial charge in [0.2, 0.25) is 5.91 Å². The second-order valence-electron chi connectivity index (χ2n) is 4.99. The summed E-state index contributed by atoms with van der Waals surface area (Å²) < 4.78 is 0. The zero-order chi connectivity index (χ0) is 15.3. The Morgan fingerprint density at radius 3 is 2.25 bits per heavy atom. The first-order valence-electron chi connectivity index (χ1n) is 6.50. The van der Waals surface area contributed by atoms with Gasteiger partial charge in [-0.3, -0.25) is 9.59 Å². The molecule has 0 aliphatic carbocycles. The number of hydrogen-bond acceptors (Lipinski definition) is 3. The number of carbonyl (C=O) groups is 2. The lowest BCUT2D eigenvalue weighted by molar-refractivity contribution is -0.126. The van der Waals surface area contributed by atoms with Gasteiger partial charge in [0.05, 0.1) is 11.6 Å². The molecule has 2 amide bonds. The van der Waals surface area contributed by atoms with Crippen LogP contribution in [0.1, 0.15) is 43.1 Å². The second-order valence-corrected chi connectivity index (χ2v) is 4.99. The summed E-state index contributed by atoms with van der Waals surface area (Å²) in [6.45, 7) is 5.49. The monoisotopic (exact) mass is 273 g/mol. The average Bonchev–Trinajstić information content (AvgIpc) is 2.43. The SMILES string of the molecule is CC[C@](NC(=O)c1ccc(C#N)cc1)(C(N)=O)C(C)C. The van der Waals surface area contributed by atoms with Crippen LogP contribution in [0.4, 0.5) is 0 Å². The number of nitriles is 1. The van der Waals surface area contributed by atoms with E-state index in [1.807, 2.05) is 26.8 Å². The Labute approximate surface area is 118 Å². The van der Waals surface area contributed by atoms with E-state index in [0.29, 0.717) is 17.5 Å². The lowest BCUT2D eigenvalue weighted by Gasteiger charge is -2.34. The van der Waals surface area contributed by atoms with Crippen LogP contribution in [-0.2, 0) is 4.79 Å². The lowest BCUT2D eigenvalue weighted by atomic mass is 9.82. The van der Waals surface area contributed by atoms with Crippen molar-refractivity contribution in [3.05, 3.63) is 35.4 Å². The predicted molar refractivity (Wildman–Crippen MR) is 75.7 cm³/mol. The Morgan fingerprint density at radius 2 is 1.90 bits per heavy atom. The number of amides is 2. The fourth-order valence-corrected chi connectivity index (χ4v) is 2.13. The molecule has 3 N–H and O–H groups in total. The van der Waals surface area contributed by atoms with E-state index in [9.17, 15) is 9.59 Å². The first-order valence-corrected chi connectivity index (χ1v) is 6.50. The molecule has 5 heteroatoms. The van der Waals surface area contributed by atoms with Crippen molar-refractivity contribution < 1.29 is 9.59 Å². The minimum atomic E-state index is -1.06. The molecule has 0 bridgehead atoms. The Morgan fingerprint density at radius 1 is 1.35 bits per heavy atom. The van der Waals surface area contributed by atoms with Crippen molar-refractivity contribution in [1.29, 1.82) is 5.26 Å². The van der Waals surface area contributed by atoms with Crippen LogP contribution in [-0.4, -0.2) is 17.4 Å². The summed E-state index contributed by atoms with van der Waals surface area (Å²) in [4.78, 5) is 24.0. The number of benzene rings is 1. The molecule has 0 unspecified atom stereocenters. The highest BCUT2D eigenvalue weighted by Gasteiger charge is 2.39. The van der Waals surface area contributed by atoms with Crippen LogP contribution in [0.5, 0.6) is 0 Å². The molecule has 0 radical (unpaired) electrons. The van der Waals surface area contributed by atoms with E-state index in [4.69, 9.17) is 11.0 Å². The Balaban J connectivity index is 3.02. The van der Waals surface area contributed by atoms with Gasteiger partial charge < -0.3 is 11.1 Å².